The van der Waals surface area contributed by atoms with E-state index in [0.29, 0.717) is 0 Å². The Kier molecular flexibility index (Phi) is 5.06. The lowest BCUT2D eigenvalue weighted by atomic mass is 10.1. The summed E-state index contributed by atoms with van der Waals surface area (Å²) in [6.07, 6.45) is 5.22. The van der Waals surface area contributed by atoms with Crippen molar-refractivity contribution in [2.24, 2.45) is 7.05 Å². The molecule has 0 spiro atoms. The number of pyridine rings is 1. The zero-order valence-corrected chi connectivity index (χ0v) is 11.2. The van der Waals surface area contributed by atoms with Gasteiger partial charge in [-0.15, -0.1) is 0 Å². The highest BCUT2D eigenvalue weighted by Gasteiger charge is 2.02. The van der Waals surface area contributed by atoms with Crippen LogP contribution >= 0.6 is 0 Å². The van der Waals surface area contributed by atoms with E-state index in [4.69, 9.17) is 0 Å². The summed E-state index contributed by atoms with van der Waals surface area (Å²) in [5, 5.41) is 4.35. The Morgan fingerprint density at radius 1 is 1.11 bits per heavy atom. The van der Waals surface area contributed by atoms with Crippen LogP contribution in [-0.2, 0) is 7.05 Å². The normalized spacial score (nSPS) is 9.28. The molecule has 2 aromatic heterocycles. The highest BCUT2D eigenvalue weighted by molar-refractivity contribution is 5.59. The van der Waals surface area contributed by atoms with Gasteiger partial charge in [-0.3, -0.25) is 9.67 Å². The van der Waals surface area contributed by atoms with E-state index in [9.17, 15) is 0 Å². The molecule has 0 N–H and O–H groups in total. The fourth-order valence-electron chi connectivity index (χ4n) is 1.55. The molecular weight excluding hydrogens is 222 g/mol. The van der Waals surface area contributed by atoms with Crippen LogP contribution in [0.4, 0.5) is 0 Å². The largest absolute Gasteiger partial charge is 0.275 e. The van der Waals surface area contributed by atoms with Gasteiger partial charge in [-0.05, 0) is 32.0 Å². The van der Waals surface area contributed by atoms with Crippen molar-refractivity contribution in [2.75, 3.05) is 0 Å². The third-order valence-corrected chi connectivity index (χ3v) is 2.26. The predicted octanol–water partition coefficient (Wildman–Crippen LogP) is 3.46. The lowest BCUT2D eigenvalue weighted by molar-refractivity contribution is 0.771. The topological polar surface area (TPSA) is 30.7 Å². The molecule has 3 heteroatoms. The molecule has 2 aromatic rings. The van der Waals surface area contributed by atoms with Gasteiger partial charge in [0, 0.05) is 30.2 Å². The molecule has 0 unspecified atom stereocenters. The van der Waals surface area contributed by atoms with E-state index >= 15 is 0 Å². The quantitative estimate of drug-likeness (QED) is 0.754. The molecule has 0 saturated heterocycles. The Morgan fingerprint density at radius 2 is 1.67 bits per heavy atom. The molecule has 0 aromatic carbocycles. The molecule has 0 atom stereocenters. The Bertz CT molecular complexity index is 512. The fourth-order valence-corrected chi connectivity index (χ4v) is 1.55. The molecule has 94 valence electrons. The second-order valence-electron chi connectivity index (χ2n) is 3.98. The third-order valence-electron chi connectivity index (χ3n) is 2.26. The monoisotopic (exact) mass is 241 g/mol. The zero-order valence-electron chi connectivity index (χ0n) is 11.2. The summed E-state index contributed by atoms with van der Waals surface area (Å²) in [6.45, 7) is 10.7. The average Bonchev–Trinajstić information content (AvgIpc) is 2.75. The van der Waals surface area contributed by atoms with Crippen LogP contribution in [0.5, 0.6) is 0 Å². The first kappa shape index (κ1) is 13.9. The van der Waals surface area contributed by atoms with Crippen LogP contribution in [0.25, 0.3) is 11.3 Å². The first-order valence-electron chi connectivity index (χ1n) is 5.75. The molecule has 0 radical (unpaired) electrons. The van der Waals surface area contributed by atoms with E-state index in [2.05, 4.69) is 35.4 Å². The van der Waals surface area contributed by atoms with Crippen molar-refractivity contribution in [3.05, 3.63) is 61.1 Å². The molecule has 0 aliphatic rings. The van der Waals surface area contributed by atoms with Gasteiger partial charge in [0.25, 0.3) is 0 Å². The van der Waals surface area contributed by atoms with Gasteiger partial charge in [0.05, 0.1) is 5.69 Å². The Labute approximate surface area is 108 Å². The number of rotatable bonds is 2. The maximum absolute atomic E-state index is 4.35. The minimum absolute atomic E-state index is 1.00. The lowest BCUT2D eigenvalue weighted by Crippen LogP contribution is -1.90. The highest BCUT2D eigenvalue weighted by atomic mass is 15.2. The first-order chi connectivity index (χ1) is 8.56. The second-order valence-corrected chi connectivity index (χ2v) is 3.98. The summed E-state index contributed by atoms with van der Waals surface area (Å²) < 4.78 is 1.81. The molecule has 3 nitrogen and oxygen atoms in total. The van der Waals surface area contributed by atoms with Crippen molar-refractivity contribution in [3.63, 3.8) is 0 Å². The van der Waals surface area contributed by atoms with Gasteiger partial charge in [-0.25, -0.2) is 0 Å². The number of hydrogen-bond donors (Lipinski definition) is 0. The molecule has 0 bridgehead atoms. The van der Waals surface area contributed by atoms with E-state index in [1.165, 1.54) is 0 Å². The second kappa shape index (κ2) is 6.55. The molecule has 0 aliphatic carbocycles. The van der Waals surface area contributed by atoms with Crippen LogP contribution in [0.3, 0.4) is 0 Å². The van der Waals surface area contributed by atoms with Crippen molar-refractivity contribution in [2.45, 2.75) is 13.8 Å². The number of aryl methyl sites for hydroxylation is 3. The van der Waals surface area contributed by atoms with Crippen molar-refractivity contribution < 1.29 is 0 Å². The van der Waals surface area contributed by atoms with Crippen LogP contribution in [-0.4, -0.2) is 14.8 Å². The molecule has 0 fully saturated rings. The molecule has 0 amide bonds. The maximum Gasteiger partial charge on any atom is 0.0924 e. The van der Waals surface area contributed by atoms with E-state index in [0.717, 1.165) is 22.6 Å². The van der Waals surface area contributed by atoms with Gasteiger partial charge >= 0.3 is 0 Å². The van der Waals surface area contributed by atoms with Gasteiger partial charge in [0.15, 0.2) is 0 Å². The molecule has 18 heavy (non-hydrogen) atoms. The highest BCUT2D eigenvalue weighted by Crippen LogP contribution is 2.17. The number of allylic oxidation sites excluding steroid dienone is 2. The van der Waals surface area contributed by atoms with Gasteiger partial charge in [-0.2, -0.15) is 5.10 Å². The Balaban J connectivity index is 0.000000357. The SMILES string of the molecule is C=CC=C.Cc1cc(-c2ccn(C)n2)cc(C)n1. The third kappa shape index (κ3) is 4.01. The van der Waals surface area contributed by atoms with Crippen LogP contribution in [0.1, 0.15) is 11.4 Å². The molecule has 2 heterocycles. The lowest BCUT2D eigenvalue weighted by Gasteiger charge is -2.00. The van der Waals surface area contributed by atoms with Crippen molar-refractivity contribution >= 4 is 0 Å². The number of nitrogens with zero attached hydrogens (tertiary/aromatic N) is 3. The predicted molar refractivity (Wildman–Crippen MR) is 76.3 cm³/mol. The molecule has 0 saturated carbocycles. The van der Waals surface area contributed by atoms with Gasteiger partial charge in [-0.1, -0.05) is 25.3 Å². The van der Waals surface area contributed by atoms with E-state index in [1.54, 1.807) is 16.8 Å². The molecular formula is C15H19N3. The molecule has 0 aliphatic heterocycles. The number of aromatic nitrogens is 3. The van der Waals surface area contributed by atoms with Gasteiger partial charge in [0.2, 0.25) is 0 Å². The van der Waals surface area contributed by atoms with E-state index in [1.807, 2.05) is 33.2 Å². The fraction of sp³-hybridized carbons (Fsp3) is 0.200. The maximum atomic E-state index is 4.35. The zero-order chi connectivity index (χ0) is 13.5. The van der Waals surface area contributed by atoms with Crippen LogP contribution in [0.2, 0.25) is 0 Å². The van der Waals surface area contributed by atoms with Crippen LogP contribution < -0.4 is 0 Å². The van der Waals surface area contributed by atoms with Crippen LogP contribution in [0.15, 0.2) is 49.7 Å². The van der Waals surface area contributed by atoms with E-state index < -0.39 is 0 Å². The minimum Gasteiger partial charge on any atom is -0.275 e. The average molecular weight is 241 g/mol. The summed E-state index contributed by atoms with van der Waals surface area (Å²) in [7, 11) is 1.92. The summed E-state index contributed by atoms with van der Waals surface area (Å²) in [5.74, 6) is 0. The van der Waals surface area contributed by atoms with Crippen LogP contribution in [0, 0.1) is 13.8 Å². The van der Waals surface area contributed by atoms with Crippen molar-refractivity contribution in [3.8, 4) is 11.3 Å². The summed E-state index contributed by atoms with van der Waals surface area (Å²) in [4.78, 5) is 4.33. The summed E-state index contributed by atoms with van der Waals surface area (Å²) in [5.41, 5.74) is 4.20. The summed E-state index contributed by atoms with van der Waals surface area (Å²) >= 11 is 0. The van der Waals surface area contributed by atoms with Crippen molar-refractivity contribution in [1.82, 2.24) is 14.8 Å². The standard InChI is InChI=1S/C11H13N3.C4H6/c1-8-6-10(7-9(2)12-8)11-4-5-14(3)13-11;1-3-4-2/h4-7H,1-3H3;3-4H,1-2H2. The van der Waals surface area contributed by atoms with Gasteiger partial charge in [0.1, 0.15) is 0 Å². The Hall–Kier alpha value is -2.16. The Morgan fingerprint density at radius 3 is 2.06 bits per heavy atom. The first-order valence-corrected chi connectivity index (χ1v) is 5.75. The van der Waals surface area contributed by atoms with Gasteiger partial charge < -0.3 is 0 Å². The number of hydrogen-bond acceptors (Lipinski definition) is 2. The molecule has 2 rings (SSSR count). The smallest absolute Gasteiger partial charge is 0.0924 e. The van der Waals surface area contributed by atoms with Crippen molar-refractivity contribution in [1.29, 1.82) is 0 Å². The summed E-state index contributed by atoms with van der Waals surface area (Å²) in [6, 6.07) is 6.11. The minimum atomic E-state index is 1.00. The van der Waals surface area contributed by atoms with E-state index in [-0.39, 0.29) is 0 Å².